The summed E-state index contributed by atoms with van der Waals surface area (Å²) in [7, 11) is -2.02. The molecular weight excluding hydrogens is 369 g/mol. The molecule has 2 aromatic carbocycles. The number of hydrogen-bond donors (Lipinski definition) is 1. The molecule has 1 aliphatic rings. The van der Waals surface area contributed by atoms with E-state index in [4.69, 9.17) is 4.74 Å². The summed E-state index contributed by atoms with van der Waals surface area (Å²) in [6.07, 6.45) is 1.63. The number of ether oxygens (including phenoxy) is 1. The molecule has 0 radical (unpaired) electrons. The average molecular weight is 391 g/mol. The predicted octanol–water partition coefficient (Wildman–Crippen LogP) is 2.94. The largest absolute Gasteiger partial charge is 0.376 e. The smallest absolute Gasteiger partial charge is 0.209 e. The van der Waals surface area contributed by atoms with E-state index in [1.165, 1.54) is 24.3 Å². The number of ketones is 1. The highest BCUT2D eigenvalue weighted by molar-refractivity contribution is 7.88. The van der Waals surface area contributed by atoms with Crippen LogP contribution in [0.5, 0.6) is 0 Å². The molecule has 0 amide bonds. The van der Waals surface area contributed by atoms with E-state index in [0.717, 1.165) is 17.4 Å². The molecule has 2 unspecified atom stereocenters. The fourth-order valence-electron chi connectivity index (χ4n) is 3.70. The highest BCUT2D eigenvalue weighted by Crippen LogP contribution is 2.40. The number of hydrogen-bond acceptors (Lipinski definition) is 4. The number of rotatable bonds is 7. The van der Waals surface area contributed by atoms with E-state index in [1.54, 1.807) is 7.11 Å². The quantitative estimate of drug-likeness (QED) is 0.788. The van der Waals surface area contributed by atoms with Crippen LogP contribution in [0.1, 0.15) is 35.3 Å². The van der Waals surface area contributed by atoms with Gasteiger partial charge in [-0.1, -0.05) is 36.4 Å². The molecule has 0 aliphatic heterocycles. The van der Waals surface area contributed by atoms with E-state index in [2.05, 4.69) is 4.72 Å². The van der Waals surface area contributed by atoms with Crippen molar-refractivity contribution >= 4 is 15.8 Å². The molecule has 0 heterocycles. The molecule has 5 nitrogen and oxygen atoms in total. The number of fused-ring (bicyclic) bond motifs is 1. The van der Waals surface area contributed by atoms with Crippen molar-refractivity contribution in [3.05, 3.63) is 71.0 Å². The summed E-state index contributed by atoms with van der Waals surface area (Å²) in [6, 6.07) is 12.1. The molecule has 3 rings (SSSR count). The molecule has 1 aliphatic carbocycles. The van der Waals surface area contributed by atoms with E-state index < -0.39 is 21.9 Å². The van der Waals surface area contributed by atoms with E-state index in [-0.39, 0.29) is 24.2 Å². The van der Waals surface area contributed by atoms with Gasteiger partial charge in [-0.05, 0) is 35.2 Å². The monoisotopic (exact) mass is 391 g/mol. The zero-order valence-corrected chi connectivity index (χ0v) is 16.0. The first-order chi connectivity index (χ1) is 12.8. The second-order valence-electron chi connectivity index (χ2n) is 6.86. The van der Waals surface area contributed by atoms with Crippen molar-refractivity contribution in [2.24, 2.45) is 5.92 Å². The van der Waals surface area contributed by atoms with E-state index >= 15 is 0 Å². The molecule has 3 atom stereocenters. The van der Waals surface area contributed by atoms with Gasteiger partial charge in [0.15, 0.2) is 5.78 Å². The van der Waals surface area contributed by atoms with E-state index in [0.29, 0.717) is 12.0 Å². The molecule has 2 aromatic rings. The number of methoxy groups -OCH3 is 1. The van der Waals surface area contributed by atoms with Crippen LogP contribution in [0.4, 0.5) is 4.39 Å². The van der Waals surface area contributed by atoms with Crippen LogP contribution in [0.15, 0.2) is 48.5 Å². The normalized spacial score (nSPS) is 20.3. The van der Waals surface area contributed by atoms with Gasteiger partial charge in [-0.25, -0.2) is 17.5 Å². The van der Waals surface area contributed by atoms with Gasteiger partial charge in [-0.15, -0.1) is 0 Å². The Kier molecular flexibility index (Phi) is 5.74. The summed E-state index contributed by atoms with van der Waals surface area (Å²) >= 11 is 0. The predicted molar refractivity (Wildman–Crippen MR) is 100 cm³/mol. The maximum Gasteiger partial charge on any atom is 0.209 e. The van der Waals surface area contributed by atoms with Crippen molar-refractivity contribution in [2.75, 3.05) is 13.4 Å². The molecular formula is C20H22FNO4S. The summed E-state index contributed by atoms with van der Waals surface area (Å²) in [5.41, 5.74) is 2.61. The Morgan fingerprint density at radius 2 is 1.89 bits per heavy atom. The van der Waals surface area contributed by atoms with Gasteiger partial charge in [0.2, 0.25) is 10.0 Å². The minimum Gasteiger partial charge on any atom is -0.376 e. The van der Waals surface area contributed by atoms with Crippen molar-refractivity contribution in [3.63, 3.8) is 0 Å². The minimum absolute atomic E-state index is 0.0794. The van der Waals surface area contributed by atoms with Crippen molar-refractivity contribution in [1.29, 1.82) is 0 Å². The standard InChI is InChI=1S/C20H22FNO4S/c1-26-20-15(11-14-5-3-4-6-17(14)20)12-18(23)19(22-27(2,24)25)13-7-9-16(21)10-8-13/h3-10,15,19-20,22H,11-12H2,1-2H3/t15?,19-,20?/m0/s1. The fraction of sp³-hybridized carbons (Fsp3) is 0.350. The Morgan fingerprint density at radius 1 is 1.22 bits per heavy atom. The van der Waals surface area contributed by atoms with Crippen LogP contribution in [-0.2, 0) is 26.0 Å². The highest BCUT2D eigenvalue weighted by atomic mass is 32.2. The molecule has 144 valence electrons. The summed E-state index contributed by atoms with van der Waals surface area (Å²) in [5, 5.41) is 0. The zero-order valence-electron chi connectivity index (χ0n) is 15.2. The lowest BCUT2D eigenvalue weighted by molar-refractivity contribution is -0.122. The molecule has 0 bridgehead atoms. The van der Waals surface area contributed by atoms with Crippen LogP contribution in [0.3, 0.4) is 0 Å². The minimum atomic E-state index is -3.63. The Morgan fingerprint density at radius 3 is 2.52 bits per heavy atom. The third-order valence-corrected chi connectivity index (χ3v) is 5.51. The van der Waals surface area contributed by atoms with Gasteiger partial charge in [0, 0.05) is 19.4 Å². The van der Waals surface area contributed by atoms with E-state index in [9.17, 15) is 17.6 Å². The summed E-state index contributed by atoms with van der Waals surface area (Å²) in [4.78, 5) is 13.0. The first-order valence-corrected chi connectivity index (χ1v) is 10.5. The van der Waals surface area contributed by atoms with Crippen LogP contribution in [0.2, 0.25) is 0 Å². The molecule has 1 N–H and O–H groups in total. The third-order valence-electron chi connectivity index (χ3n) is 4.85. The Hall–Kier alpha value is -2.09. The van der Waals surface area contributed by atoms with Crippen LogP contribution in [0, 0.1) is 11.7 Å². The van der Waals surface area contributed by atoms with Crippen molar-refractivity contribution in [3.8, 4) is 0 Å². The Bertz CT molecular complexity index is 927. The maximum absolute atomic E-state index is 13.2. The number of nitrogens with one attached hydrogen (secondary N) is 1. The van der Waals surface area contributed by atoms with Crippen LogP contribution >= 0.6 is 0 Å². The molecule has 0 aromatic heterocycles. The number of sulfonamides is 1. The summed E-state index contributed by atoms with van der Waals surface area (Å²) < 4.78 is 44.7. The fourth-order valence-corrected chi connectivity index (χ4v) is 4.40. The lowest BCUT2D eigenvalue weighted by atomic mass is 9.91. The second-order valence-corrected chi connectivity index (χ2v) is 8.64. The molecule has 0 saturated heterocycles. The van der Waals surface area contributed by atoms with Crippen LogP contribution in [-0.4, -0.2) is 27.6 Å². The van der Waals surface area contributed by atoms with Crippen molar-refractivity contribution < 1.29 is 22.3 Å². The van der Waals surface area contributed by atoms with Gasteiger partial charge < -0.3 is 4.74 Å². The third kappa shape index (κ3) is 4.61. The van der Waals surface area contributed by atoms with Gasteiger partial charge in [-0.3, -0.25) is 4.79 Å². The summed E-state index contributed by atoms with van der Waals surface area (Å²) in [5.74, 6) is -0.800. The molecule has 0 fully saturated rings. The lowest BCUT2D eigenvalue weighted by Gasteiger charge is -2.22. The second kappa shape index (κ2) is 7.88. The Balaban J connectivity index is 1.83. The molecule has 27 heavy (non-hydrogen) atoms. The number of carbonyl (C=O) groups excluding carboxylic acids is 1. The van der Waals surface area contributed by atoms with Gasteiger partial charge in [0.1, 0.15) is 11.9 Å². The van der Waals surface area contributed by atoms with Crippen molar-refractivity contribution in [1.82, 2.24) is 4.72 Å². The topological polar surface area (TPSA) is 72.5 Å². The Labute approximate surface area is 158 Å². The number of Topliss-reactive ketones (excluding diaryl/α,β-unsaturated/α-hetero) is 1. The SMILES string of the molecule is COC1c2ccccc2CC1CC(=O)[C@@H](NS(C)(=O)=O)c1ccc(F)cc1. The summed E-state index contributed by atoms with van der Waals surface area (Å²) in [6.45, 7) is 0. The van der Waals surface area contributed by atoms with Crippen molar-refractivity contribution in [2.45, 2.75) is 25.0 Å². The zero-order chi connectivity index (χ0) is 19.6. The number of halogens is 1. The van der Waals surface area contributed by atoms with E-state index in [1.807, 2.05) is 24.3 Å². The van der Waals surface area contributed by atoms with Crippen LogP contribution in [0.25, 0.3) is 0 Å². The van der Waals surface area contributed by atoms with Crippen LogP contribution < -0.4 is 4.72 Å². The van der Waals surface area contributed by atoms with Gasteiger partial charge in [0.05, 0.1) is 12.4 Å². The molecule has 7 heteroatoms. The molecule has 0 spiro atoms. The highest BCUT2D eigenvalue weighted by Gasteiger charge is 2.36. The lowest BCUT2D eigenvalue weighted by Crippen LogP contribution is -2.34. The first-order valence-electron chi connectivity index (χ1n) is 8.64. The van der Waals surface area contributed by atoms with Gasteiger partial charge >= 0.3 is 0 Å². The molecule has 0 saturated carbocycles. The van der Waals surface area contributed by atoms with Gasteiger partial charge in [-0.2, -0.15) is 0 Å². The first kappa shape index (κ1) is 19.7. The maximum atomic E-state index is 13.2. The van der Waals surface area contributed by atoms with Gasteiger partial charge in [0.25, 0.3) is 0 Å². The number of carbonyl (C=O) groups is 1. The average Bonchev–Trinajstić information content (AvgIpc) is 2.96. The number of benzene rings is 2.